The minimum atomic E-state index is -3.76. The first-order chi connectivity index (χ1) is 12.9. The minimum absolute atomic E-state index is 0.0394. The molecule has 1 aromatic carbocycles. The van der Waals surface area contributed by atoms with Gasteiger partial charge in [0.05, 0.1) is 23.2 Å². The summed E-state index contributed by atoms with van der Waals surface area (Å²) < 4.78 is 27.9. The Labute approximate surface area is 159 Å². The quantitative estimate of drug-likeness (QED) is 0.872. The van der Waals surface area contributed by atoms with E-state index in [4.69, 9.17) is 0 Å². The first kappa shape index (κ1) is 17.8. The number of hydrogen-bond donors (Lipinski definition) is 1. The smallest absolute Gasteiger partial charge is 0.263 e. The predicted molar refractivity (Wildman–Crippen MR) is 105 cm³/mol. The highest BCUT2D eigenvalue weighted by atomic mass is 32.2. The second kappa shape index (κ2) is 6.84. The summed E-state index contributed by atoms with van der Waals surface area (Å²) in [6.07, 6.45) is 5.52. The molecule has 0 aliphatic carbocycles. The maximum atomic E-state index is 12.7. The molecule has 0 atom stereocenters. The summed E-state index contributed by atoms with van der Waals surface area (Å²) in [7, 11) is -2.07. The standard InChI is InChI=1S/C19H22N4O3S/c1-22-17-7-6-16(11-14(17)12-19(22)24)27(25,26)21-18-8-5-15(13-20-18)23-9-3-2-4-10-23/h5-8,11,13H,2-4,9-10,12H2,1H3,(H,20,21). The molecule has 142 valence electrons. The summed E-state index contributed by atoms with van der Waals surface area (Å²) in [6.45, 7) is 2.02. The van der Waals surface area contributed by atoms with Crippen LogP contribution in [0.1, 0.15) is 24.8 Å². The van der Waals surface area contributed by atoms with Crippen LogP contribution in [0.15, 0.2) is 41.4 Å². The number of carbonyl (C=O) groups excluding carboxylic acids is 1. The molecule has 1 fully saturated rings. The van der Waals surface area contributed by atoms with Gasteiger partial charge in [0.15, 0.2) is 0 Å². The molecule has 2 aliphatic heterocycles. The summed E-state index contributed by atoms with van der Waals surface area (Å²) in [6, 6.07) is 8.32. The zero-order valence-corrected chi connectivity index (χ0v) is 16.0. The van der Waals surface area contributed by atoms with Crippen LogP contribution in [-0.2, 0) is 21.2 Å². The van der Waals surface area contributed by atoms with Gasteiger partial charge in [0.1, 0.15) is 5.82 Å². The maximum Gasteiger partial charge on any atom is 0.263 e. The van der Waals surface area contributed by atoms with E-state index in [-0.39, 0.29) is 23.0 Å². The SMILES string of the molecule is CN1C(=O)Cc2cc(S(=O)(=O)Nc3ccc(N4CCCCC4)cn3)ccc21. The van der Waals surface area contributed by atoms with Gasteiger partial charge in [-0.05, 0) is 55.2 Å². The van der Waals surface area contributed by atoms with Gasteiger partial charge in [0, 0.05) is 25.8 Å². The average molecular weight is 386 g/mol. The van der Waals surface area contributed by atoms with Crippen LogP contribution in [0.25, 0.3) is 0 Å². The molecule has 0 bridgehead atoms. The van der Waals surface area contributed by atoms with Crippen molar-refractivity contribution in [3.63, 3.8) is 0 Å². The molecule has 1 saturated heterocycles. The van der Waals surface area contributed by atoms with Crippen molar-refractivity contribution in [2.24, 2.45) is 0 Å². The number of nitrogens with one attached hydrogen (secondary N) is 1. The number of fused-ring (bicyclic) bond motifs is 1. The Bertz CT molecular complexity index is 967. The van der Waals surface area contributed by atoms with Gasteiger partial charge in [-0.25, -0.2) is 13.4 Å². The number of hydrogen-bond acceptors (Lipinski definition) is 5. The van der Waals surface area contributed by atoms with Crippen LogP contribution in [0, 0.1) is 0 Å². The average Bonchev–Trinajstić information content (AvgIpc) is 2.96. The molecule has 0 spiro atoms. The molecule has 27 heavy (non-hydrogen) atoms. The summed E-state index contributed by atoms with van der Waals surface area (Å²) in [4.78, 5) is 20.0. The molecule has 2 aromatic rings. The number of rotatable bonds is 4. The van der Waals surface area contributed by atoms with Gasteiger partial charge < -0.3 is 9.80 Å². The number of carbonyl (C=O) groups is 1. The van der Waals surface area contributed by atoms with Gasteiger partial charge >= 0.3 is 0 Å². The van der Waals surface area contributed by atoms with Crippen LogP contribution >= 0.6 is 0 Å². The van der Waals surface area contributed by atoms with E-state index in [1.54, 1.807) is 36.3 Å². The fourth-order valence-corrected chi connectivity index (χ4v) is 4.65. The molecule has 7 nitrogen and oxygen atoms in total. The van der Waals surface area contributed by atoms with Gasteiger partial charge in [-0.2, -0.15) is 0 Å². The van der Waals surface area contributed by atoms with Crippen molar-refractivity contribution in [2.75, 3.05) is 34.7 Å². The number of likely N-dealkylation sites (N-methyl/N-ethyl adjacent to an activating group) is 1. The van der Waals surface area contributed by atoms with Gasteiger partial charge in [0.25, 0.3) is 10.0 Å². The second-order valence-electron chi connectivity index (χ2n) is 6.97. The molecular weight excluding hydrogens is 364 g/mol. The molecule has 4 rings (SSSR count). The van der Waals surface area contributed by atoms with Crippen LogP contribution in [0.2, 0.25) is 0 Å². The van der Waals surface area contributed by atoms with Crippen molar-refractivity contribution >= 4 is 33.1 Å². The fourth-order valence-electron chi connectivity index (χ4n) is 3.60. The zero-order chi connectivity index (χ0) is 19.0. The van der Waals surface area contributed by atoms with E-state index in [9.17, 15) is 13.2 Å². The Morgan fingerprint density at radius 1 is 1.07 bits per heavy atom. The van der Waals surface area contributed by atoms with E-state index in [2.05, 4.69) is 14.6 Å². The lowest BCUT2D eigenvalue weighted by atomic mass is 10.1. The van der Waals surface area contributed by atoms with Crippen molar-refractivity contribution in [3.05, 3.63) is 42.1 Å². The number of piperidine rings is 1. The van der Waals surface area contributed by atoms with Crippen LogP contribution in [0.4, 0.5) is 17.2 Å². The Morgan fingerprint density at radius 3 is 2.56 bits per heavy atom. The van der Waals surface area contributed by atoms with E-state index in [0.29, 0.717) is 0 Å². The van der Waals surface area contributed by atoms with Crippen molar-refractivity contribution in [3.8, 4) is 0 Å². The van der Waals surface area contributed by atoms with Crippen LogP contribution in [-0.4, -0.2) is 39.4 Å². The lowest BCUT2D eigenvalue weighted by Crippen LogP contribution is -2.29. The number of sulfonamides is 1. The summed E-state index contributed by atoms with van der Waals surface area (Å²) in [5, 5.41) is 0. The van der Waals surface area contributed by atoms with Crippen molar-refractivity contribution in [1.82, 2.24) is 4.98 Å². The largest absolute Gasteiger partial charge is 0.370 e. The Balaban J connectivity index is 1.52. The third kappa shape index (κ3) is 3.49. The molecular formula is C19H22N4O3S. The third-order valence-electron chi connectivity index (χ3n) is 5.15. The molecule has 1 N–H and O–H groups in total. The van der Waals surface area contributed by atoms with Crippen molar-refractivity contribution in [1.29, 1.82) is 0 Å². The number of benzene rings is 1. The molecule has 0 unspecified atom stereocenters. The van der Waals surface area contributed by atoms with E-state index >= 15 is 0 Å². The highest BCUT2D eigenvalue weighted by Crippen LogP contribution is 2.30. The van der Waals surface area contributed by atoms with Gasteiger partial charge in [-0.3, -0.25) is 9.52 Å². The first-order valence-corrected chi connectivity index (χ1v) is 10.6. The van der Waals surface area contributed by atoms with E-state index in [1.165, 1.54) is 25.3 Å². The van der Waals surface area contributed by atoms with Gasteiger partial charge in [0.2, 0.25) is 5.91 Å². The number of pyridine rings is 1. The topological polar surface area (TPSA) is 82.6 Å². The lowest BCUT2D eigenvalue weighted by molar-refractivity contribution is -0.117. The monoisotopic (exact) mass is 386 g/mol. The Morgan fingerprint density at radius 2 is 1.85 bits per heavy atom. The normalized spacial score (nSPS) is 17.1. The van der Waals surface area contributed by atoms with Crippen molar-refractivity contribution in [2.45, 2.75) is 30.6 Å². The summed E-state index contributed by atoms with van der Waals surface area (Å²) >= 11 is 0. The number of aromatic nitrogens is 1. The van der Waals surface area contributed by atoms with Crippen LogP contribution in [0.5, 0.6) is 0 Å². The van der Waals surface area contributed by atoms with Gasteiger partial charge in [-0.1, -0.05) is 0 Å². The predicted octanol–water partition coefficient (Wildman–Crippen LogP) is 2.39. The Hall–Kier alpha value is -2.61. The third-order valence-corrected chi connectivity index (χ3v) is 6.50. The molecule has 2 aliphatic rings. The number of anilines is 3. The maximum absolute atomic E-state index is 12.7. The zero-order valence-electron chi connectivity index (χ0n) is 15.2. The number of nitrogens with zero attached hydrogens (tertiary/aromatic N) is 3. The van der Waals surface area contributed by atoms with Crippen molar-refractivity contribution < 1.29 is 13.2 Å². The molecule has 3 heterocycles. The highest BCUT2D eigenvalue weighted by molar-refractivity contribution is 7.92. The first-order valence-electron chi connectivity index (χ1n) is 9.07. The molecule has 1 aromatic heterocycles. The molecule has 0 saturated carbocycles. The second-order valence-corrected chi connectivity index (χ2v) is 8.66. The van der Waals surface area contributed by atoms with E-state index in [0.717, 1.165) is 30.0 Å². The highest BCUT2D eigenvalue weighted by Gasteiger charge is 2.26. The summed E-state index contributed by atoms with van der Waals surface area (Å²) in [5.74, 6) is 0.243. The molecule has 8 heteroatoms. The van der Waals surface area contributed by atoms with Crippen LogP contribution in [0.3, 0.4) is 0 Å². The minimum Gasteiger partial charge on any atom is -0.370 e. The van der Waals surface area contributed by atoms with E-state index in [1.807, 2.05) is 6.07 Å². The molecule has 1 amide bonds. The fraction of sp³-hybridized carbons (Fsp3) is 0.368. The number of amides is 1. The Kier molecular flexibility index (Phi) is 4.51. The van der Waals surface area contributed by atoms with Gasteiger partial charge in [-0.15, -0.1) is 0 Å². The molecule has 0 radical (unpaired) electrons. The van der Waals surface area contributed by atoms with E-state index < -0.39 is 10.0 Å². The summed E-state index contributed by atoms with van der Waals surface area (Å²) in [5.41, 5.74) is 2.48. The van der Waals surface area contributed by atoms with Crippen LogP contribution < -0.4 is 14.5 Å². The lowest BCUT2D eigenvalue weighted by Gasteiger charge is -2.28.